The second-order valence-corrected chi connectivity index (χ2v) is 2.25. The van der Waals surface area contributed by atoms with E-state index in [0.29, 0.717) is 13.0 Å². The second-order valence-electron chi connectivity index (χ2n) is 2.25. The van der Waals surface area contributed by atoms with Gasteiger partial charge in [0.05, 0.1) is 19.6 Å². The van der Waals surface area contributed by atoms with Gasteiger partial charge in [0.25, 0.3) is 0 Å². The number of nitrogens with zero attached hydrogens (tertiary/aromatic N) is 2. The molecule has 0 aliphatic carbocycles. The van der Waals surface area contributed by atoms with Gasteiger partial charge in [0.2, 0.25) is 5.91 Å². The highest BCUT2D eigenvalue weighted by Crippen LogP contribution is 2.05. The Kier molecular flexibility index (Phi) is 4.07. The molecule has 4 nitrogen and oxygen atoms in total. The summed E-state index contributed by atoms with van der Waals surface area (Å²) >= 11 is 0. The van der Waals surface area contributed by atoms with E-state index >= 15 is 0 Å². The molecule has 0 spiro atoms. The maximum absolute atomic E-state index is 10.9. The van der Waals surface area contributed by atoms with Crippen molar-refractivity contribution in [3.05, 3.63) is 0 Å². The molecule has 1 amide bonds. The van der Waals surface area contributed by atoms with Crippen molar-refractivity contribution in [3.63, 3.8) is 0 Å². The SMILES string of the molecule is CC1=NN(CCO)C(=O)C1.Cl. The molecule has 64 valence electrons. The zero-order valence-electron chi connectivity index (χ0n) is 6.28. The Hall–Kier alpha value is -0.610. The number of aliphatic hydroxyl groups excluding tert-OH is 1. The maximum atomic E-state index is 10.9. The van der Waals surface area contributed by atoms with Gasteiger partial charge in [0, 0.05) is 5.71 Å². The molecule has 0 aromatic carbocycles. The molecule has 1 rings (SSSR count). The number of β-amino-alcohol motifs (C(OH)–C–C–N with tert-alkyl or cyclic N) is 1. The van der Waals surface area contributed by atoms with Crippen LogP contribution < -0.4 is 0 Å². The molecule has 0 aromatic rings. The molecule has 0 aromatic heterocycles. The van der Waals surface area contributed by atoms with E-state index < -0.39 is 0 Å². The number of hydrogen-bond donors (Lipinski definition) is 1. The Morgan fingerprint density at radius 2 is 2.36 bits per heavy atom. The Morgan fingerprint density at radius 1 is 1.73 bits per heavy atom. The van der Waals surface area contributed by atoms with Crippen LogP contribution in [0, 0.1) is 0 Å². The highest BCUT2D eigenvalue weighted by Gasteiger charge is 2.19. The highest BCUT2D eigenvalue weighted by atomic mass is 35.5. The van der Waals surface area contributed by atoms with Gasteiger partial charge in [-0.25, -0.2) is 5.01 Å². The molecule has 0 saturated carbocycles. The number of hydrazone groups is 1. The zero-order chi connectivity index (χ0) is 7.56. The average molecular weight is 179 g/mol. The number of amides is 1. The Labute approximate surface area is 71.3 Å². The van der Waals surface area contributed by atoms with Crippen LogP contribution in [0.3, 0.4) is 0 Å². The summed E-state index contributed by atoms with van der Waals surface area (Å²) in [5.74, 6) is -0.0217. The summed E-state index contributed by atoms with van der Waals surface area (Å²) < 4.78 is 0. The van der Waals surface area contributed by atoms with Gasteiger partial charge < -0.3 is 5.11 Å². The highest BCUT2D eigenvalue weighted by molar-refractivity contribution is 6.03. The van der Waals surface area contributed by atoms with Crippen molar-refractivity contribution in [3.8, 4) is 0 Å². The van der Waals surface area contributed by atoms with Crippen LogP contribution >= 0.6 is 12.4 Å². The van der Waals surface area contributed by atoms with E-state index in [2.05, 4.69) is 5.10 Å². The van der Waals surface area contributed by atoms with Crippen LogP contribution in [0.2, 0.25) is 0 Å². The largest absolute Gasteiger partial charge is 0.394 e. The second kappa shape index (κ2) is 4.31. The third-order valence-corrected chi connectivity index (χ3v) is 1.30. The lowest BCUT2D eigenvalue weighted by Crippen LogP contribution is -2.23. The van der Waals surface area contributed by atoms with Crippen LogP contribution in [-0.2, 0) is 4.79 Å². The third kappa shape index (κ3) is 2.48. The van der Waals surface area contributed by atoms with Gasteiger partial charge in [-0.1, -0.05) is 0 Å². The predicted molar refractivity (Wildman–Crippen MR) is 43.8 cm³/mol. The fourth-order valence-electron chi connectivity index (χ4n) is 0.877. The molecule has 11 heavy (non-hydrogen) atoms. The number of carbonyl (C=O) groups is 1. The summed E-state index contributed by atoms with van der Waals surface area (Å²) in [7, 11) is 0. The van der Waals surface area contributed by atoms with Gasteiger partial charge in [-0.2, -0.15) is 5.10 Å². The molecule has 0 fully saturated rings. The van der Waals surface area contributed by atoms with Gasteiger partial charge in [-0.15, -0.1) is 12.4 Å². The van der Waals surface area contributed by atoms with E-state index in [1.54, 1.807) is 6.92 Å². The standard InChI is InChI=1S/C6H10N2O2.ClH/c1-5-4-6(10)8(7-5)2-3-9;/h9H,2-4H2,1H3;1H. The fourth-order valence-corrected chi connectivity index (χ4v) is 0.877. The van der Waals surface area contributed by atoms with E-state index in [0.717, 1.165) is 5.71 Å². The number of rotatable bonds is 2. The molecular weight excluding hydrogens is 168 g/mol. The molecule has 0 saturated heterocycles. The molecular formula is C6H11ClN2O2. The van der Waals surface area contributed by atoms with Crippen molar-refractivity contribution in [1.29, 1.82) is 0 Å². The summed E-state index contributed by atoms with van der Waals surface area (Å²) in [5.41, 5.74) is 0.818. The minimum absolute atomic E-state index is 0. The Morgan fingerprint density at radius 3 is 2.73 bits per heavy atom. The summed E-state index contributed by atoms with van der Waals surface area (Å²) in [4.78, 5) is 10.9. The molecule has 0 unspecified atom stereocenters. The molecule has 0 atom stereocenters. The summed E-state index contributed by atoms with van der Waals surface area (Å²) in [6.07, 6.45) is 0.403. The number of hydrogen-bond acceptors (Lipinski definition) is 3. The molecule has 0 bridgehead atoms. The maximum Gasteiger partial charge on any atom is 0.248 e. The smallest absolute Gasteiger partial charge is 0.248 e. The van der Waals surface area contributed by atoms with E-state index in [9.17, 15) is 4.79 Å². The first-order valence-corrected chi connectivity index (χ1v) is 3.19. The molecule has 1 aliphatic rings. The Balaban J connectivity index is 0.000001000. The lowest BCUT2D eigenvalue weighted by atomic mass is 10.3. The molecule has 1 heterocycles. The van der Waals surface area contributed by atoms with Gasteiger partial charge in [0.1, 0.15) is 0 Å². The van der Waals surface area contributed by atoms with E-state index in [1.165, 1.54) is 5.01 Å². The fraction of sp³-hybridized carbons (Fsp3) is 0.667. The first-order valence-electron chi connectivity index (χ1n) is 3.19. The molecule has 5 heteroatoms. The number of aliphatic hydroxyl groups is 1. The third-order valence-electron chi connectivity index (χ3n) is 1.30. The molecule has 0 radical (unpaired) electrons. The number of halogens is 1. The normalized spacial score (nSPS) is 16.4. The minimum atomic E-state index is -0.0253. The van der Waals surface area contributed by atoms with E-state index in [-0.39, 0.29) is 24.9 Å². The first-order chi connectivity index (χ1) is 4.74. The van der Waals surface area contributed by atoms with Gasteiger partial charge in [-0.05, 0) is 6.92 Å². The van der Waals surface area contributed by atoms with Crippen molar-refractivity contribution in [2.45, 2.75) is 13.3 Å². The van der Waals surface area contributed by atoms with E-state index in [1.807, 2.05) is 0 Å². The first kappa shape index (κ1) is 10.4. The minimum Gasteiger partial charge on any atom is -0.394 e. The average Bonchev–Trinajstić information content (AvgIpc) is 2.13. The van der Waals surface area contributed by atoms with Crippen molar-refractivity contribution in [2.75, 3.05) is 13.2 Å². The topological polar surface area (TPSA) is 52.9 Å². The molecule has 1 N–H and O–H groups in total. The van der Waals surface area contributed by atoms with Crippen LogP contribution in [-0.4, -0.2) is 34.9 Å². The zero-order valence-corrected chi connectivity index (χ0v) is 7.10. The summed E-state index contributed by atoms with van der Waals surface area (Å²) in [6.45, 7) is 2.09. The van der Waals surface area contributed by atoms with Crippen LogP contribution in [0.1, 0.15) is 13.3 Å². The van der Waals surface area contributed by atoms with Crippen molar-refractivity contribution in [1.82, 2.24) is 5.01 Å². The number of carbonyl (C=O) groups excluding carboxylic acids is 1. The van der Waals surface area contributed by atoms with Gasteiger partial charge in [0.15, 0.2) is 0 Å². The predicted octanol–water partition coefficient (Wildman–Crippen LogP) is 0.00870. The van der Waals surface area contributed by atoms with Gasteiger partial charge >= 0.3 is 0 Å². The monoisotopic (exact) mass is 178 g/mol. The van der Waals surface area contributed by atoms with Crippen LogP contribution in [0.5, 0.6) is 0 Å². The van der Waals surface area contributed by atoms with Crippen LogP contribution in [0.4, 0.5) is 0 Å². The van der Waals surface area contributed by atoms with Gasteiger partial charge in [-0.3, -0.25) is 4.79 Å². The summed E-state index contributed by atoms with van der Waals surface area (Å²) in [5, 5.41) is 13.7. The Bertz CT molecular complexity index is 181. The lowest BCUT2D eigenvalue weighted by Gasteiger charge is -2.07. The summed E-state index contributed by atoms with van der Waals surface area (Å²) in [6, 6.07) is 0. The van der Waals surface area contributed by atoms with Crippen molar-refractivity contribution >= 4 is 24.0 Å². The van der Waals surface area contributed by atoms with Crippen LogP contribution in [0.25, 0.3) is 0 Å². The quantitative estimate of drug-likeness (QED) is 0.648. The van der Waals surface area contributed by atoms with E-state index in [4.69, 9.17) is 5.11 Å². The van der Waals surface area contributed by atoms with Crippen molar-refractivity contribution in [2.24, 2.45) is 5.10 Å². The lowest BCUT2D eigenvalue weighted by molar-refractivity contribution is -0.129. The molecule has 1 aliphatic heterocycles. The van der Waals surface area contributed by atoms with Crippen LogP contribution in [0.15, 0.2) is 5.10 Å². The van der Waals surface area contributed by atoms with Crippen molar-refractivity contribution < 1.29 is 9.90 Å².